The van der Waals surface area contributed by atoms with Crippen LogP contribution in [0, 0.1) is 5.92 Å². The molecule has 0 heterocycles. The summed E-state index contributed by atoms with van der Waals surface area (Å²) in [5.41, 5.74) is 0.854. The number of hydrogen-bond acceptors (Lipinski definition) is 3. The van der Waals surface area contributed by atoms with E-state index in [0.717, 1.165) is 0 Å². The van der Waals surface area contributed by atoms with Crippen molar-refractivity contribution in [2.75, 3.05) is 27.2 Å². The van der Waals surface area contributed by atoms with Gasteiger partial charge in [0.05, 0.1) is 0 Å². The fourth-order valence-electron chi connectivity index (χ4n) is 2.02. The molecule has 6 nitrogen and oxygen atoms in total. The number of amides is 2. The topological polar surface area (TPSA) is 77.9 Å². The summed E-state index contributed by atoms with van der Waals surface area (Å²) in [7, 11) is 3.30. The van der Waals surface area contributed by atoms with Crippen LogP contribution in [-0.2, 0) is 4.79 Å². The summed E-state index contributed by atoms with van der Waals surface area (Å²) < 4.78 is 0. The van der Waals surface area contributed by atoms with Crippen LogP contribution in [0.15, 0.2) is 24.3 Å². The second-order valence-electron chi connectivity index (χ2n) is 5.75. The highest BCUT2D eigenvalue weighted by molar-refractivity contribution is 5.98. The molecule has 0 radical (unpaired) electrons. The number of carbonyl (C=O) groups is 3. The zero-order chi connectivity index (χ0) is 16.9. The van der Waals surface area contributed by atoms with Gasteiger partial charge in [-0.05, 0) is 30.2 Å². The fraction of sp³-hybridized carbons (Fsp3) is 0.438. The lowest BCUT2D eigenvalue weighted by Crippen LogP contribution is -2.38. The van der Waals surface area contributed by atoms with E-state index < -0.39 is 5.97 Å². The van der Waals surface area contributed by atoms with E-state index in [2.05, 4.69) is 0 Å². The van der Waals surface area contributed by atoms with E-state index in [-0.39, 0.29) is 24.3 Å². The van der Waals surface area contributed by atoms with Crippen LogP contribution in [-0.4, -0.2) is 59.9 Å². The Hall–Kier alpha value is -2.37. The zero-order valence-electron chi connectivity index (χ0n) is 13.4. The lowest BCUT2D eigenvalue weighted by Gasteiger charge is -2.23. The Morgan fingerprint density at radius 2 is 1.45 bits per heavy atom. The van der Waals surface area contributed by atoms with Gasteiger partial charge in [-0.25, -0.2) is 0 Å². The van der Waals surface area contributed by atoms with Gasteiger partial charge in [0, 0.05) is 31.8 Å². The Labute approximate surface area is 130 Å². The van der Waals surface area contributed by atoms with Gasteiger partial charge in [0.2, 0.25) is 0 Å². The first-order chi connectivity index (χ1) is 10.2. The van der Waals surface area contributed by atoms with Crippen LogP contribution in [0.3, 0.4) is 0 Å². The van der Waals surface area contributed by atoms with E-state index in [1.807, 2.05) is 13.8 Å². The van der Waals surface area contributed by atoms with Gasteiger partial charge in [-0.1, -0.05) is 13.8 Å². The van der Waals surface area contributed by atoms with Crippen LogP contribution < -0.4 is 0 Å². The van der Waals surface area contributed by atoms with Gasteiger partial charge in [0.25, 0.3) is 11.8 Å². The van der Waals surface area contributed by atoms with Crippen LogP contribution in [0.1, 0.15) is 34.6 Å². The first-order valence-electron chi connectivity index (χ1n) is 7.05. The van der Waals surface area contributed by atoms with E-state index in [0.29, 0.717) is 17.7 Å². The van der Waals surface area contributed by atoms with Crippen LogP contribution in [0.2, 0.25) is 0 Å². The third kappa shape index (κ3) is 4.87. The summed E-state index contributed by atoms with van der Waals surface area (Å²) in [6.45, 7) is 3.86. The molecule has 0 bridgehead atoms. The molecule has 0 spiro atoms. The highest BCUT2D eigenvalue weighted by Crippen LogP contribution is 2.11. The third-order valence-corrected chi connectivity index (χ3v) is 2.98. The lowest BCUT2D eigenvalue weighted by atomic mass is 10.1. The molecule has 0 fully saturated rings. The summed E-state index contributed by atoms with van der Waals surface area (Å²) in [5, 5.41) is 8.93. The molecular formula is C16H22N2O4. The smallest absolute Gasteiger partial charge is 0.323 e. The summed E-state index contributed by atoms with van der Waals surface area (Å²) in [6.07, 6.45) is 0. The maximum Gasteiger partial charge on any atom is 0.323 e. The van der Waals surface area contributed by atoms with Gasteiger partial charge in [0.15, 0.2) is 0 Å². The predicted octanol–water partition coefficient (Wildman–Crippen LogP) is 1.57. The van der Waals surface area contributed by atoms with Gasteiger partial charge in [-0.3, -0.25) is 14.4 Å². The number of carbonyl (C=O) groups excluding carboxylic acids is 2. The summed E-state index contributed by atoms with van der Waals surface area (Å²) >= 11 is 0. The monoisotopic (exact) mass is 306 g/mol. The molecule has 0 atom stereocenters. The SMILES string of the molecule is CC(C)CN(CC(=O)O)C(=O)c1ccc(C(=O)N(C)C)cc1. The van der Waals surface area contributed by atoms with Crippen LogP contribution in [0.5, 0.6) is 0 Å². The number of carboxylic acid groups (broad SMARTS) is 1. The van der Waals surface area contributed by atoms with Crippen molar-refractivity contribution < 1.29 is 19.5 Å². The number of benzene rings is 1. The molecule has 1 N–H and O–H groups in total. The molecule has 6 heteroatoms. The molecule has 0 aliphatic rings. The van der Waals surface area contributed by atoms with Crippen molar-refractivity contribution in [3.8, 4) is 0 Å². The van der Waals surface area contributed by atoms with Crippen molar-refractivity contribution in [1.82, 2.24) is 9.80 Å². The van der Waals surface area contributed by atoms with Crippen molar-refractivity contribution in [2.45, 2.75) is 13.8 Å². The standard InChI is InChI=1S/C16H22N2O4/c1-11(2)9-18(10-14(19)20)16(22)13-7-5-12(6-8-13)15(21)17(3)4/h5-8,11H,9-10H2,1-4H3,(H,19,20). The van der Waals surface area contributed by atoms with Crippen LogP contribution in [0.25, 0.3) is 0 Å². The molecule has 0 unspecified atom stereocenters. The first kappa shape index (κ1) is 17.7. The van der Waals surface area contributed by atoms with Gasteiger partial charge >= 0.3 is 5.97 Å². The second kappa shape index (κ2) is 7.59. The molecule has 0 saturated carbocycles. The minimum Gasteiger partial charge on any atom is -0.480 e. The summed E-state index contributed by atoms with van der Waals surface area (Å²) in [6, 6.07) is 6.25. The molecule has 0 aliphatic carbocycles. The van der Waals surface area contributed by atoms with Gasteiger partial charge < -0.3 is 14.9 Å². The normalized spacial score (nSPS) is 10.4. The van der Waals surface area contributed by atoms with E-state index in [1.54, 1.807) is 38.4 Å². The number of aliphatic carboxylic acids is 1. The molecule has 1 rings (SSSR count). The first-order valence-corrected chi connectivity index (χ1v) is 7.05. The van der Waals surface area contributed by atoms with Gasteiger partial charge in [-0.15, -0.1) is 0 Å². The molecule has 120 valence electrons. The van der Waals surface area contributed by atoms with Crippen LogP contribution in [0.4, 0.5) is 0 Å². The third-order valence-electron chi connectivity index (χ3n) is 2.98. The molecular weight excluding hydrogens is 284 g/mol. The molecule has 0 saturated heterocycles. The van der Waals surface area contributed by atoms with E-state index in [9.17, 15) is 14.4 Å². The van der Waals surface area contributed by atoms with Gasteiger partial charge in [0.1, 0.15) is 6.54 Å². The summed E-state index contributed by atoms with van der Waals surface area (Å²) in [4.78, 5) is 37.9. The van der Waals surface area contributed by atoms with Crippen LogP contribution >= 0.6 is 0 Å². The predicted molar refractivity (Wildman–Crippen MR) is 82.8 cm³/mol. The zero-order valence-corrected chi connectivity index (χ0v) is 13.4. The van der Waals surface area contributed by atoms with E-state index >= 15 is 0 Å². The van der Waals surface area contributed by atoms with Crippen molar-refractivity contribution >= 4 is 17.8 Å². The number of carboxylic acids is 1. The Bertz CT molecular complexity index is 550. The maximum atomic E-state index is 12.4. The number of nitrogens with zero attached hydrogens (tertiary/aromatic N) is 2. The highest BCUT2D eigenvalue weighted by atomic mass is 16.4. The molecule has 1 aromatic carbocycles. The minimum absolute atomic E-state index is 0.149. The van der Waals surface area contributed by atoms with Crippen molar-refractivity contribution in [3.63, 3.8) is 0 Å². The quantitative estimate of drug-likeness (QED) is 0.865. The number of rotatable bonds is 6. The van der Waals surface area contributed by atoms with Crippen molar-refractivity contribution in [1.29, 1.82) is 0 Å². The highest BCUT2D eigenvalue weighted by Gasteiger charge is 2.20. The Morgan fingerprint density at radius 3 is 1.82 bits per heavy atom. The fourth-order valence-corrected chi connectivity index (χ4v) is 2.02. The van der Waals surface area contributed by atoms with Crippen molar-refractivity contribution in [2.24, 2.45) is 5.92 Å². The Kier molecular flexibility index (Phi) is 6.10. The average molecular weight is 306 g/mol. The molecule has 0 aliphatic heterocycles. The molecule has 22 heavy (non-hydrogen) atoms. The molecule has 1 aromatic rings. The van der Waals surface area contributed by atoms with Crippen molar-refractivity contribution in [3.05, 3.63) is 35.4 Å². The molecule has 0 aromatic heterocycles. The number of hydrogen-bond donors (Lipinski definition) is 1. The summed E-state index contributed by atoms with van der Waals surface area (Å²) in [5.74, 6) is -1.38. The second-order valence-corrected chi connectivity index (χ2v) is 5.75. The van der Waals surface area contributed by atoms with Gasteiger partial charge in [-0.2, -0.15) is 0 Å². The lowest BCUT2D eigenvalue weighted by molar-refractivity contribution is -0.137. The molecule has 2 amide bonds. The maximum absolute atomic E-state index is 12.4. The Morgan fingerprint density at radius 1 is 1.00 bits per heavy atom. The Balaban J connectivity index is 2.94. The largest absolute Gasteiger partial charge is 0.480 e. The average Bonchev–Trinajstić information content (AvgIpc) is 2.44. The van der Waals surface area contributed by atoms with E-state index in [1.165, 1.54) is 9.80 Å². The minimum atomic E-state index is -1.05. The van der Waals surface area contributed by atoms with E-state index in [4.69, 9.17) is 5.11 Å².